The normalized spacial score (nSPS) is 11.6. The number of para-hydroxylation sites is 2. The monoisotopic (exact) mass is 538 g/mol. The van der Waals surface area contributed by atoms with Gasteiger partial charge < -0.3 is 9.47 Å². The smallest absolute Gasteiger partial charge is 0.275 e. The van der Waals surface area contributed by atoms with Crippen molar-refractivity contribution in [1.82, 2.24) is 19.6 Å². The number of rotatable bonds is 10. The Labute approximate surface area is 232 Å². The van der Waals surface area contributed by atoms with Crippen molar-refractivity contribution < 1.29 is 9.47 Å². The highest BCUT2D eigenvalue weighted by atomic mass is 16.7. The number of aromatic nitrogens is 4. The summed E-state index contributed by atoms with van der Waals surface area (Å²) in [6, 6.07) is 26.6. The van der Waals surface area contributed by atoms with E-state index in [1.54, 1.807) is 0 Å². The van der Waals surface area contributed by atoms with Crippen LogP contribution in [0.25, 0.3) is 11.4 Å². The molecule has 8 nitrogen and oxygen atoms in total. The number of benzene rings is 3. The summed E-state index contributed by atoms with van der Waals surface area (Å²) in [4.78, 5) is 28.0. The van der Waals surface area contributed by atoms with Crippen LogP contribution in [-0.2, 0) is 9.47 Å². The lowest BCUT2D eigenvalue weighted by Gasteiger charge is -2.20. The van der Waals surface area contributed by atoms with Crippen molar-refractivity contribution in [3.8, 4) is 11.4 Å². The van der Waals surface area contributed by atoms with Crippen LogP contribution >= 0.6 is 0 Å². The molecule has 3 aromatic carbocycles. The highest BCUT2D eigenvalue weighted by Gasteiger charge is 2.31. The Hall–Kier alpha value is -4.40. The Morgan fingerprint density at radius 3 is 1.43 bits per heavy atom. The molecule has 8 heteroatoms. The molecule has 206 valence electrons. The predicted octanol–water partition coefficient (Wildman–Crippen LogP) is 5.51. The summed E-state index contributed by atoms with van der Waals surface area (Å²) in [5.41, 5.74) is 5.13. The first-order valence-corrected chi connectivity index (χ1v) is 13.5. The molecular formula is C32H34N4O4. The van der Waals surface area contributed by atoms with E-state index in [9.17, 15) is 9.59 Å². The molecule has 0 unspecified atom stereocenters. The molecule has 5 rings (SSSR count). The Kier molecular flexibility index (Phi) is 8.00. The minimum Gasteiger partial charge on any atom is -0.349 e. The van der Waals surface area contributed by atoms with Crippen LogP contribution in [0.3, 0.4) is 0 Å². The first-order valence-electron chi connectivity index (χ1n) is 13.5. The molecular weight excluding hydrogens is 504 g/mol. The van der Waals surface area contributed by atoms with Crippen molar-refractivity contribution in [1.29, 1.82) is 0 Å². The topological polar surface area (TPSA) is 94.0 Å². The molecule has 5 aromatic rings. The Bertz CT molecular complexity index is 1580. The SMILES string of the molecule is CCOC(OCC)c1ccc(C(c2c(C)[nH]n(-c3ccccc3)c2=O)c2c(C)[nH]n(-c3ccccc3)c2=O)cc1. The molecule has 0 radical (unpaired) electrons. The number of hydrogen-bond acceptors (Lipinski definition) is 4. The van der Waals surface area contributed by atoms with Crippen LogP contribution in [0.4, 0.5) is 0 Å². The largest absolute Gasteiger partial charge is 0.349 e. The van der Waals surface area contributed by atoms with E-state index in [4.69, 9.17) is 9.47 Å². The zero-order valence-corrected chi connectivity index (χ0v) is 23.2. The first-order chi connectivity index (χ1) is 19.4. The molecule has 2 aromatic heterocycles. The number of aryl methyl sites for hydroxylation is 2. The van der Waals surface area contributed by atoms with Gasteiger partial charge in [-0.3, -0.25) is 19.8 Å². The van der Waals surface area contributed by atoms with Crippen LogP contribution in [0.15, 0.2) is 94.5 Å². The van der Waals surface area contributed by atoms with Crippen molar-refractivity contribution in [2.45, 2.75) is 39.9 Å². The number of nitrogens with zero attached hydrogens (tertiary/aromatic N) is 2. The molecule has 0 fully saturated rings. The van der Waals surface area contributed by atoms with Crippen LogP contribution in [-0.4, -0.2) is 32.8 Å². The van der Waals surface area contributed by atoms with Gasteiger partial charge >= 0.3 is 0 Å². The van der Waals surface area contributed by atoms with Gasteiger partial charge in [0.05, 0.1) is 22.5 Å². The summed E-state index contributed by atoms with van der Waals surface area (Å²) in [6.07, 6.45) is -0.490. The molecule has 0 spiro atoms. The maximum absolute atomic E-state index is 14.0. The van der Waals surface area contributed by atoms with E-state index < -0.39 is 12.2 Å². The van der Waals surface area contributed by atoms with Crippen molar-refractivity contribution in [2.75, 3.05) is 13.2 Å². The fourth-order valence-electron chi connectivity index (χ4n) is 5.18. The van der Waals surface area contributed by atoms with Gasteiger partial charge in [-0.1, -0.05) is 60.7 Å². The summed E-state index contributed by atoms with van der Waals surface area (Å²) in [7, 11) is 0. The maximum atomic E-state index is 14.0. The Morgan fingerprint density at radius 2 is 1.02 bits per heavy atom. The van der Waals surface area contributed by atoms with Gasteiger partial charge in [-0.15, -0.1) is 0 Å². The fourth-order valence-corrected chi connectivity index (χ4v) is 5.18. The minimum absolute atomic E-state index is 0.203. The number of ether oxygens (including phenoxy) is 2. The molecule has 0 atom stereocenters. The molecule has 2 heterocycles. The lowest BCUT2D eigenvalue weighted by atomic mass is 9.85. The summed E-state index contributed by atoms with van der Waals surface area (Å²) >= 11 is 0. The highest BCUT2D eigenvalue weighted by molar-refractivity contribution is 5.48. The van der Waals surface area contributed by atoms with E-state index in [1.165, 1.54) is 9.36 Å². The summed E-state index contributed by atoms with van der Waals surface area (Å²) < 4.78 is 14.6. The molecule has 0 aliphatic rings. The van der Waals surface area contributed by atoms with Gasteiger partial charge in [-0.25, -0.2) is 9.36 Å². The second-order valence-electron chi connectivity index (χ2n) is 9.60. The van der Waals surface area contributed by atoms with E-state index in [-0.39, 0.29) is 11.1 Å². The molecule has 0 aliphatic heterocycles. The van der Waals surface area contributed by atoms with Crippen LogP contribution in [0, 0.1) is 13.8 Å². The van der Waals surface area contributed by atoms with E-state index in [1.807, 2.05) is 113 Å². The Morgan fingerprint density at radius 1 is 0.625 bits per heavy atom. The van der Waals surface area contributed by atoms with E-state index in [0.29, 0.717) is 35.7 Å². The van der Waals surface area contributed by atoms with E-state index in [0.717, 1.165) is 22.5 Å². The predicted molar refractivity (Wildman–Crippen MR) is 156 cm³/mol. The van der Waals surface area contributed by atoms with E-state index >= 15 is 0 Å². The van der Waals surface area contributed by atoms with Crippen molar-refractivity contribution in [3.63, 3.8) is 0 Å². The third-order valence-corrected chi connectivity index (χ3v) is 7.02. The molecule has 40 heavy (non-hydrogen) atoms. The zero-order chi connectivity index (χ0) is 28.2. The van der Waals surface area contributed by atoms with Crippen molar-refractivity contribution in [2.24, 2.45) is 0 Å². The van der Waals surface area contributed by atoms with Crippen LogP contribution in [0.1, 0.15) is 59.7 Å². The quantitative estimate of drug-likeness (QED) is 0.229. The molecule has 2 N–H and O–H groups in total. The van der Waals surface area contributed by atoms with Crippen molar-refractivity contribution in [3.05, 3.63) is 139 Å². The fraction of sp³-hybridized carbons (Fsp3) is 0.250. The average Bonchev–Trinajstić information content (AvgIpc) is 3.44. The number of hydrogen-bond donors (Lipinski definition) is 2. The van der Waals surface area contributed by atoms with Crippen molar-refractivity contribution >= 4 is 0 Å². The second kappa shape index (κ2) is 11.8. The van der Waals surface area contributed by atoms with Gasteiger partial charge in [0.25, 0.3) is 11.1 Å². The highest BCUT2D eigenvalue weighted by Crippen LogP contribution is 2.33. The maximum Gasteiger partial charge on any atom is 0.275 e. The third-order valence-electron chi connectivity index (χ3n) is 7.02. The average molecular weight is 539 g/mol. The standard InChI is InChI=1S/C32H34N4O4/c1-5-39-32(40-6-2)24-19-17-23(18-20-24)29(27-21(3)33-35(30(27)37)25-13-9-7-10-14-25)28-22(4)34-36(31(28)38)26-15-11-8-12-16-26/h7-20,29,32-34H,5-6H2,1-4H3. The van der Waals surface area contributed by atoms with Gasteiger partial charge in [0.1, 0.15) is 0 Å². The van der Waals surface area contributed by atoms with Crippen LogP contribution in [0.2, 0.25) is 0 Å². The van der Waals surface area contributed by atoms with Crippen LogP contribution < -0.4 is 11.1 Å². The van der Waals surface area contributed by atoms with Gasteiger partial charge in [-0.05, 0) is 57.5 Å². The minimum atomic E-state index is -0.617. The second-order valence-corrected chi connectivity index (χ2v) is 9.60. The van der Waals surface area contributed by atoms with Gasteiger partial charge in [0.2, 0.25) is 0 Å². The van der Waals surface area contributed by atoms with Gasteiger partial charge in [0.15, 0.2) is 6.29 Å². The number of nitrogens with one attached hydrogen (secondary N) is 2. The first kappa shape index (κ1) is 27.2. The molecule has 0 bridgehead atoms. The summed E-state index contributed by atoms with van der Waals surface area (Å²) in [6.45, 7) is 8.62. The summed E-state index contributed by atoms with van der Waals surface area (Å²) in [5.74, 6) is -0.617. The molecule has 0 saturated heterocycles. The molecule has 0 saturated carbocycles. The summed E-state index contributed by atoms with van der Waals surface area (Å²) in [5, 5.41) is 6.47. The lowest BCUT2D eigenvalue weighted by Crippen LogP contribution is -2.25. The van der Waals surface area contributed by atoms with Gasteiger partial charge in [0, 0.05) is 36.1 Å². The number of aromatic amines is 2. The Balaban J connectivity index is 1.70. The molecule has 0 amide bonds. The number of H-pyrrole nitrogens is 2. The lowest BCUT2D eigenvalue weighted by molar-refractivity contribution is -0.140. The third kappa shape index (κ3) is 5.11. The zero-order valence-electron chi connectivity index (χ0n) is 23.2. The van der Waals surface area contributed by atoms with Gasteiger partial charge in [-0.2, -0.15) is 0 Å². The van der Waals surface area contributed by atoms with E-state index in [2.05, 4.69) is 10.2 Å². The molecule has 0 aliphatic carbocycles. The van der Waals surface area contributed by atoms with Crippen LogP contribution in [0.5, 0.6) is 0 Å².